The van der Waals surface area contributed by atoms with E-state index in [9.17, 15) is 13.2 Å². The summed E-state index contributed by atoms with van der Waals surface area (Å²) < 4.78 is 24.8. The molecule has 1 amide bonds. The molecule has 1 fully saturated rings. The Morgan fingerprint density at radius 3 is 2.86 bits per heavy atom. The molecule has 0 aromatic carbocycles. The molecule has 0 spiro atoms. The van der Waals surface area contributed by atoms with Crippen LogP contribution >= 0.6 is 0 Å². The van der Waals surface area contributed by atoms with Crippen LogP contribution in [0.3, 0.4) is 0 Å². The lowest BCUT2D eigenvalue weighted by Gasteiger charge is -2.12. The fourth-order valence-electron chi connectivity index (χ4n) is 2.28. The maximum atomic E-state index is 11.8. The number of nitrogens with one attached hydrogen (secondary N) is 1. The number of amides is 1. The van der Waals surface area contributed by atoms with Crippen LogP contribution < -0.4 is 5.32 Å². The van der Waals surface area contributed by atoms with Crippen LogP contribution in [-0.2, 0) is 14.6 Å². The number of aromatic nitrogens is 2. The smallest absolute Gasteiger partial charge is 0.249 e. The summed E-state index contributed by atoms with van der Waals surface area (Å²) in [6, 6.07) is 1.53. The predicted octanol–water partition coefficient (Wildman–Crippen LogP) is 1.62. The van der Waals surface area contributed by atoms with Crippen molar-refractivity contribution in [2.24, 2.45) is 0 Å². The standard InChI is InChI=1S/C14H19N3O3S/c1-3-4-5-6-14(18)15-13-9-11(2)16-17(13)12-7-8-21(19,20)10-12/h3-6,9,12H,7-8,10H2,1-2H3,(H,15,18)/b4-3+,6-5+. The number of rotatable bonds is 4. The topological polar surface area (TPSA) is 81.1 Å². The minimum atomic E-state index is -2.99. The van der Waals surface area contributed by atoms with Gasteiger partial charge in [-0.3, -0.25) is 4.79 Å². The first-order chi connectivity index (χ1) is 9.91. The van der Waals surface area contributed by atoms with E-state index in [-0.39, 0.29) is 23.5 Å². The fourth-order valence-corrected chi connectivity index (χ4v) is 3.97. The number of carbonyl (C=O) groups excluding carboxylic acids is 1. The Labute approximate surface area is 124 Å². The number of allylic oxidation sites excluding steroid dienone is 3. The van der Waals surface area contributed by atoms with Crippen LogP contribution in [0.1, 0.15) is 25.1 Å². The monoisotopic (exact) mass is 309 g/mol. The van der Waals surface area contributed by atoms with E-state index in [4.69, 9.17) is 0 Å². The van der Waals surface area contributed by atoms with Gasteiger partial charge >= 0.3 is 0 Å². The highest BCUT2D eigenvalue weighted by Crippen LogP contribution is 2.27. The second-order valence-electron chi connectivity index (χ2n) is 5.05. The summed E-state index contributed by atoms with van der Waals surface area (Å²) in [7, 11) is -2.99. The Balaban J connectivity index is 2.16. The molecule has 0 saturated carbocycles. The number of hydrogen-bond acceptors (Lipinski definition) is 4. The zero-order chi connectivity index (χ0) is 15.5. The Morgan fingerprint density at radius 2 is 2.24 bits per heavy atom. The molecule has 114 valence electrons. The lowest BCUT2D eigenvalue weighted by atomic mass is 10.3. The van der Waals surface area contributed by atoms with Gasteiger partial charge in [-0.1, -0.05) is 18.2 Å². The molecular formula is C14H19N3O3S. The van der Waals surface area contributed by atoms with Crippen molar-refractivity contribution in [3.8, 4) is 0 Å². The quantitative estimate of drug-likeness (QED) is 0.677. The van der Waals surface area contributed by atoms with Gasteiger partial charge in [-0.15, -0.1) is 0 Å². The molecule has 6 nitrogen and oxygen atoms in total. The second kappa shape index (κ2) is 6.26. The molecule has 0 bridgehead atoms. The minimum absolute atomic E-state index is 0.0748. The van der Waals surface area contributed by atoms with Gasteiger partial charge in [0.25, 0.3) is 0 Å². The van der Waals surface area contributed by atoms with E-state index in [0.717, 1.165) is 5.69 Å². The van der Waals surface area contributed by atoms with Crippen molar-refractivity contribution in [3.63, 3.8) is 0 Å². The average molecular weight is 309 g/mol. The number of nitrogens with zero attached hydrogens (tertiary/aromatic N) is 2. The predicted molar refractivity (Wildman–Crippen MR) is 81.9 cm³/mol. The number of hydrogen-bond donors (Lipinski definition) is 1. The first kappa shape index (κ1) is 15.5. The second-order valence-corrected chi connectivity index (χ2v) is 7.28. The van der Waals surface area contributed by atoms with E-state index in [1.54, 1.807) is 22.9 Å². The molecule has 7 heteroatoms. The van der Waals surface area contributed by atoms with E-state index in [0.29, 0.717) is 12.2 Å². The number of anilines is 1. The molecule has 21 heavy (non-hydrogen) atoms. The van der Waals surface area contributed by atoms with Crippen molar-refractivity contribution in [2.45, 2.75) is 26.3 Å². The van der Waals surface area contributed by atoms with E-state index in [1.807, 2.05) is 19.9 Å². The molecule has 1 N–H and O–H groups in total. The van der Waals surface area contributed by atoms with Gasteiger partial charge in [-0.25, -0.2) is 13.1 Å². The Hall–Kier alpha value is -1.89. The van der Waals surface area contributed by atoms with Gasteiger partial charge in [0.2, 0.25) is 5.91 Å². The summed E-state index contributed by atoms with van der Waals surface area (Å²) in [5.74, 6) is 0.510. The zero-order valence-electron chi connectivity index (χ0n) is 12.1. The van der Waals surface area contributed by atoms with Gasteiger partial charge in [0.05, 0.1) is 23.2 Å². The van der Waals surface area contributed by atoms with E-state index in [2.05, 4.69) is 10.4 Å². The van der Waals surface area contributed by atoms with Gasteiger partial charge in [0.1, 0.15) is 5.82 Å². The van der Waals surface area contributed by atoms with Gasteiger partial charge in [-0.05, 0) is 20.3 Å². The highest BCUT2D eigenvalue weighted by Gasteiger charge is 2.31. The number of sulfone groups is 1. The molecule has 1 aliphatic heterocycles. The van der Waals surface area contributed by atoms with Crippen LogP contribution in [0.4, 0.5) is 5.82 Å². The third kappa shape index (κ3) is 4.04. The fraction of sp³-hybridized carbons (Fsp3) is 0.429. The highest BCUT2D eigenvalue weighted by molar-refractivity contribution is 7.91. The zero-order valence-corrected chi connectivity index (χ0v) is 12.9. The summed E-state index contributed by atoms with van der Waals surface area (Å²) in [4.78, 5) is 11.8. The van der Waals surface area contributed by atoms with Crippen LogP contribution in [0.2, 0.25) is 0 Å². The van der Waals surface area contributed by atoms with E-state index in [1.165, 1.54) is 6.08 Å². The first-order valence-corrected chi connectivity index (χ1v) is 8.60. The summed E-state index contributed by atoms with van der Waals surface area (Å²) in [5.41, 5.74) is 0.743. The third-order valence-corrected chi connectivity index (χ3v) is 4.96. The van der Waals surface area contributed by atoms with Crippen LogP contribution in [0.25, 0.3) is 0 Å². The molecule has 1 saturated heterocycles. The lowest BCUT2D eigenvalue weighted by Crippen LogP contribution is -2.18. The van der Waals surface area contributed by atoms with Crippen molar-refractivity contribution >= 4 is 21.6 Å². The molecule has 1 aromatic heterocycles. The maximum Gasteiger partial charge on any atom is 0.249 e. The summed E-state index contributed by atoms with van der Waals surface area (Å²) in [6.45, 7) is 3.67. The molecule has 1 unspecified atom stereocenters. The summed E-state index contributed by atoms with van der Waals surface area (Å²) in [6.07, 6.45) is 7.16. The van der Waals surface area contributed by atoms with Crippen LogP contribution in [0.15, 0.2) is 30.4 Å². The van der Waals surface area contributed by atoms with Crippen LogP contribution in [0, 0.1) is 6.92 Å². The van der Waals surface area contributed by atoms with Crippen molar-refractivity contribution in [1.29, 1.82) is 0 Å². The third-order valence-electron chi connectivity index (χ3n) is 3.21. The summed E-state index contributed by atoms with van der Waals surface area (Å²) in [5, 5.41) is 7.05. The van der Waals surface area contributed by atoms with Crippen molar-refractivity contribution in [2.75, 3.05) is 16.8 Å². The molecule has 1 aromatic rings. The minimum Gasteiger partial charge on any atom is -0.307 e. The van der Waals surface area contributed by atoms with E-state index < -0.39 is 9.84 Å². The Bertz CT molecular complexity index is 686. The largest absolute Gasteiger partial charge is 0.307 e. The van der Waals surface area contributed by atoms with Crippen molar-refractivity contribution in [1.82, 2.24) is 9.78 Å². The molecule has 1 aliphatic rings. The van der Waals surface area contributed by atoms with Gasteiger partial charge in [0.15, 0.2) is 9.84 Å². The molecule has 0 radical (unpaired) electrons. The first-order valence-electron chi connectivity index (χ1n) is 6.78. The van der Waals surface area contributed by atoms with Crippen LogP contribution in [0.5, 0.6) is 0 Å². The highest BCUT2D eigenvalue weighted by atomic mass is 32.2. The number of aryl methyl sites for hydroxylation is 1. The normalized spacial score (nSPS) is 21.3. The molecule has 2 heterocycles. The average Bonchev–Trinajstić information content (AvgIpc) is 2.92. The number of carbonyl (C=O) groups is 1. The van der Waals surface area contributed by atoms with Gasteiger partial charge < -0.3 is 5.32 Å². The Morgan fingerprint density at radius 1 is 1.48 bits per heavy atom. The van der Waals surface area contributed by atoms with E-state index >= 15 is 0 Å². The molecular weight excluding hydrogens is 290 g/mol. The van der Waals surface area contributed by atoms with Gasteiger partial charge in [0, 0.05) is 12.1 Å². The summed E-state index contributed by atoms with van der Waals surface area (Å²) >= 11 is 0. The van der Waals surface area contributed by atoms with Crippen LogP contribution in [-0.4, -0.2) is 35.6 Å². The Kier molecular flexibility index (Phi) is 4.62. The van der Waals surface area contributed by atoms with Gasteiger partial charge in [-0.2, -0.15) is 5.10 Å². The molecule has 0 aliphatic carbocycles. The lowest BCUT2D eigenvalue weighted by molar-refractivity contribution is -0.111. The van der Waals surface area contributed by atoms with Crippen molar-refractivity contribution < 1.29 is 13.2 Å². The SMILES string of the molecule is C/C=C/C=C/C(=O)Nc1cc(C)nn1C1CCS(=O)(=O)C1. The molecule has 1 atom stereocenters. The maximum absolute atomic E-state index is 11.8. The molecule has 2 rings (SSSR count). The van der Waals surface area contributed by atoms with Crippen molar-refractivity contribution in [3.05, 3.63) is 36.1 Å².